The van der Waals surface area contributed by atoms with Crippen LogP contribution in [0, 0.1) is 11.3 Å². The monoisotopic (exact) mass is 297 g/mol. The van der Waals surface area contributed by atoms with Gasteiger partial charge in [0.25, 0.3) is 0 Å². The van der Waals surface area contributed by atoms with E-state index in [0.717, 1.165) is 6.92 Å². The number of rotatable bonds is 1. The van der Waals surface area contributed by atoms with E-state index in [2.05, 4.69) is 4.99 Å². The maximum atomic E-state index is 13.1. The fraction of sp³-hybridized carbons (Fsp3) is 0.700. The molecule has 3 atom stereocenters. The predicted molar refractivity (Wildman–Crippen MR) is 60.9 cm³/mol. The number of carbonyl (C=O) groups is 1. The van der Waals surface area contributed by atoms with Crippen LogP contribution in [0.4, 0.5) is 13.2 Å². The standard InChI is InChI=1S/C10H11ClF3N3O2/c1-7(11)3-9(16,4-15)8(2,10(12,13)14)17-5(7)6(18)19/h3,16H2,1-2H3,(H,18,19)/t7-,8-,9?/m1/s1. The van der Waals surface area contributed by atoms with E-state index in [1.807, 2.05) is 0 Å². The minimum absolute atomic E-state index is 0.589. The maximum Gasteiger partial charge on any atom is 0.416 e. The molecule has 106 valence electrons. The van der Waals surface area contributed by atoms with Crippen molar-refractivity contribution in [1.82, 2.24) is 0 Å². The number of aliphatic carboxylic acids is 1. The Balaban J connectivity index is 3.64. The number of carboxylic acids is 1. The molecule has 5 nitrogen and oxygen atoms in total. The zero-order chi connectivity index (χ0) is 15.3. The Hall–Kier alpha value is -1.33. The molecular weight excluding hydrogens is 287 g/mol. The molecule has 0 aromatic carbocycles. The number of halogens is 4. The van der Waals surface area contributed by atoms with Gasteiger partial charge in [0.15, 0.2) is 5.54 Å². The first-order valence-electron chi connectivity index (χ1n) is 5.10. The number of hydrogen-bond acceptors (Lipinski definition) is 4. The van der Waals surface area contributed by atoms with Gasteiger partial charge in [-0.2, -0.15) is 18.4 Å². The van der Waals surface area contributed by atoms with Crippen LogP contribution < -0.4 is 5.73 Å². The van der Waals surface area contributed by atoms with Crippen LogP contribution in [-0.2, 0) is 4.79 Å². The molecule has 1 aliphatic rings. The first kappa shape index (κ1) is 15.7. The topological polar surface area (TPSA) is 99.5 Å². The molecule has 1 rings (SSSR count). The van der Waals surface area contributed by atoms with Gasteiger partial charge in [-0.1, -0.05) is 0 Å². The third kappa shape index (κ3) is 2.17. The summed E-state index contributed by atoms with van der Waals surface area (Å²) in [6.07, 6.45) is -5.66. The average molecular weight is 298 g/mol. The lowest BCUT2D eigenvalue weighted by molar-refractivity contribution is -0.195. The van der Waals surface area contributed by atoms with Gasteiger partial charge in [-0.25, -0.2) is 4.79 Å². The molecule has 0 aromatic heterocycles. The molecule has 0 amide bonds. The largest absolute Gasteiger partial charge is 0.477 e. The molecule has 0 saturated carbocycles. The number of nitriles is 1. The Morgan fingerprint density at radius 3 is 2.37 bits per heavy atom. The molecule has 19 heavy (non-hydrogen) atoms. The highest BCUT2D eigenvalue weighted by atomic mass is 35.5. The Kier molecular flexibility index (Phi) is 3.38. The average Bonchev–Trinajstić information content (AvgIpc) is 2.20. The molecule has 0 fully saturated rings. The fourth-order valence-electron chi connectivity index (χ4n) is 1.95. The molecule has 0 saturated heterocycles. The van der Waals surface area contributed by atoms with Crippen molar-refractivity contribution in [1.29, 1.82) is 5.26 Å². The summed E-state index contributed by atoms with van der Waals surface area (Å²) in [6.45, 7) is 1.75. The Bertz CT molecular complexity index is 497. The summed E-state index contributed by atoms with van der Waals surface area (Å²) in [7, 11) is 0. The Morgan fingerprint density at radius 1 is 1.58 bits per heavy atom. The van der Waals surface area contributed by atoms with Gasteiger partial charge in [-0.05, 0) is 13.8 Å². The van der Waals surface area contributed by atoms with Crippen molar-refractivity contribution >= 4 is 23.3 Å². The molecule has 1 heterocycles. The zero-order valence-corrected chi connectivity index (χ0v) is 10.8. The lowest BCUT2D eigenvalue weighted by Crippen LogP contribution is -2.70. The van der Waals surface area contributed by atoms with E-state index < -0.39 is 40.2 Å². The summed E-state index contributed by atoms with van der Waals surface area (Å²) in [5.74, 6) is -1.67. The molecule has 0 aliphatic carbocycles. The molecule has 0 radical (unpaired) electrons. The van der Waals surface area contributed by atoms with Gasteiger partial charge < -0.3 is 10.8 Å². The molecule has 1 unspecified atom stereocenters. The van der Waals surface area contributed by atoms with Gasteiger partial charge in [-0.3, -0.25) is 4.99 Å². The second-order valence-corrected chi connectivity index (χ2v) is 5.63. The quantitative estimate of drug-likeness (QED) is 0.716. The lowest BCUT2D eigenvalue weighted by Gasteiger charge is -2.46. The summed E-state index contributed by atoms with van der Waals surface area (Å²) in [4.78, 5) is 12.4. The second kappa shape index (κ2) is 4.08. The van der Waals surface area contributed by atoms with Gasteiger partial charge >= 0.3 is 12.1 Å². The van der Waals surface area contributed by atoms with Gasteiger partial charge in [0, 0.05) is 6.42 Å². The van der Waals surface area contributed by atoms with Gasteiger partial charge in [0.1, 0.15) is 11.3 Å². The van der Waals surface area contributed by atoms with Crippen molar-refractivity contribution < 1.29 is 23.1 Å². The van der Waals surface area contributed by atoms with Crippen molar-refractivity contribution in [3.63, 3.8) is 0 Å². The molecule has 1 aliphatic heterocycles. The third-order valence-electron chi connectivity index (χ3n) is 3.26. The highest BCUT2D eigenvalue weighted by Crippen LogP contribution is 2.48. The van der Waals surface area contributed by atoms with E-state index in [1.54, 1.807) is 0 Å². The Morgan fingerprint density at radius 2 is 2.05 bits per heavy atom. The third-order valence-corrected chi connectivity index (χ3v) is 3.58. The second-order valence-electron chi connectivity index (χ2n) is 4.79. The minimum atomic E-state index is -4.98. The zero-order valence-electron chi connectivity index (χ0n) is 10.0. The number of hydrogen-bond donors (Lipinski definition) is 2. The van der Waals surface area contributed by atoms with Crippen LogP contribution in [0.2, 0.25) is 0 Å². The highest BCUT2D eigenvalue weighted by Gasteiger charge is 2.68. The van der Waals surface area contributed by atoms with Gasteiger partial charge in [-0.15, -0.1) is 11.6 Å². The number of nitrogens with zero attached hydrogens (tertiary/aromatic N) is 2. The predicted octanol–water partition coefficient (Wildman–Crippen LogP) is 1.46. The maximum absolute atomic E-state index is 13.1. The van der Waals surface area contributed by atoms with Crippen LogP contribution in [0.3, 0.4) is 0 Å². The molecule has 0 aromatic rings. The van der Waals surface area contributed by atoms with Crippen molar-refractivity contribution in [2.24, 2.45) is 10.7 Å². The van der Waals surface area contributed by atoms with E-state index in [0.29, 0.717) is 6.92 Å². The molecule has 0 spiro atoms. The number of carboxylic acid groups (broad SMARTS) is 1. The smallest absolute Gasteiger partial charge is 0.416 e. The van der Waals surface area contributed by atoms with Crippen LogP contribution >= 0.6 is 11.6 Å². The van der Waals surface area contributed by atoms with Gasteiger partial charge in [0.05, 0.1) is 10.9 Å². The summed E-state index contributed by atoms with van der Waals surface area (Å²) in [6, 6.07) is 1.37. The molecule has 3 N–H and O–H groups in total. The number of nitrogens with two attached hydrogens (primary N) is 1. The molecule has 0 bridgehead atoms. The van der Waals surface area contributed by atoms with Crippen molar-refractivity contribution in [2.75, 3.05) is 0 Å². The summed E-state index contributed by atoms with van der Waals surface area (Å²) >= 11 is 5.86. The Labute approximate surface area is 111 Å². The summed E-state index contributed by atoms with van der Waals surface area (Å²) in [5.41, 5.74) is -0.835. The first-order valence-corrected chi connectivity index (χ1v) is 5.48. The fourth-order valence-corrected chi connectivity index (χ4v) is 2.29. The minimum Gasteiger partial charge on any atom is -0.477 e. The normalized spacial score (nSPS) is 39.4. The SMILES string of the molecule is C[C@@]1(C(F)(F)F)N=C(C(=O)O)[C@](C)(Cl)CC1(N)C#N. The van der Waals surface area contributed by atoms with Crippen molar-refractivity contribution in [3.05, 3.63) is 0 Å². The number of aliphatic imine (C=N–C) groups is 1. The van der Waals surface area contributed by atoms with Crippen LogP contribution in [-0.4, -0.2) is 38.9 Å². The van der Waals surface area contributed by atoms with Crippen LogP contribution in [0.1, 0.15) is 20.3 Å². The summed E-state index contributed by atoms with van der Waals surface area (Å²) < 4.78 is 39.4. The van der Waals surface area contributed by atoms with Crippen molar-refractivity contribution in [3.8, 4) is 6.07 Å². The van der Waals surface area contributed by atoms with Crippen LogP contribution in [0.5, 0.6) is 0 Å². The van der Waals surface area contributed by atoms with E-state index in [9.17, 15) is 18.0 Å². The van der Waals surface area contributed by atoms with Crippen LogP contribution in [0.25, 0.3) is 0 Å². The van der Waals surface area contributed by atoms with E-state index in [-0.39, 0.29) is 0 Å². The molecular formula is C10H11ClF3N3O2. The van der Waals surface area contributed by atoms with E-state index in [1.165, 1.54) is 6.07 Å². The summed E-state index contributed by atoms with van der Waals surface area (Å²) in [5, 5.41) is 17.9. The highest BCUT2D eigenvalue weighted by molar-refractivity contribution is 6.52. The first-order chi connectivity index (χ1) is 8.31. The lowest BCUT2D eigenvalue weighted by atomic mass is 9.70. The van der Waals surface area contributed by atoms with E-state index >= 15 is 0 Å². The van der Waals surface area contributed by atoms with E-state index in [4.69, 9.17) is 27.7 Å². The number of alkyl halides is 4. The van der Waals surface area contributed by atoms with Crippen molar-refractivity contribution in [2.45, 2.75) is 42.4 Å². The van der Waals surface area contributed by atoms with Gasteiger partial charge in [0.2, 0.25) is 0 Å². The molecule has 9 heteroatoms. The van der Waals surface area contributed by atoms with Crippen LogP contribution in [0.15, 0.2) is 4.99 Å².